The number of carbonyl (C=O) groups is 1. The van der Waals surface area contributed by atoms with E-state index < -0.39 is 5.54 Å². The minimum absolute atomic E-state index is 0.154. The molecule has 3 aromatic rings. The van der Waals surface area contributed by atoms with Gasteiger partial charge >= 0.3 is 6.01 Å². The maximum absolute atomic E-state index is 13.1. The number of carbonyl (C=O) groups excluding carboxylic acids is 1. The number of methoxy groups -OCH3 is 2. The third kappa shape index (κ3) is 3.34. The number of pyridine rings is 1. The molecule has 31 heavy (non-hydrogen) atoms. The van der Waals surface area contributed by atoms with Crippen LogP contribution in [0.3, 0.4) is 0 Å². The van der Waals surface area contributed by atoms with Gasteiger partial charge in [-0.1, -0.05) is 0 Å². The van der Waals surface area contributed by atoms with E-state index in [4.69, 9.17) is 14.5 Å². The van der Waals surface area contributed by atoms with Crippen molar-refractivity contribution < 1.29 is 14.3 Å². The molecule has 0 saturated carbocycles. The number of ether oxygens (including phenoxy) is 2. The summed E-state index contributed by atoms with van der Waals surface area (Å²) in [7, 11) is 2.99. The fraction of sp³-hybridized carbons (Fsp3) is 0.333. The molecule has 1 aliphatic heterocycles. The number of aryl methyl sites for hydroxylation is 1. The highest BCUT2D eigenvalue weighted by atomic mass is 16.5. The summed E-state index contributed by atoms with van der Waals surface area (Å²) in [6.07, 6.45) is 4.87. The van der Waals surface area contributed by atoms with Crippen molar-refractivity contribution in [2.24, 2.45) is 0 Å². The Balaban J connectivity index is 1.72. The van der Waals surface area contributed by atoms with Crippen molar-refractivity contribution in [3.05, 3.63) is 41.5 Å². The van der Waals surface area contributed by atoms with Crippen LogP contribution in [-0.4, -0.2) is 44.9 Å². The van der Waals surface area contributed by atoms with Gasteiger partial charge in [-0.3, -0.25) is 14.4 Å². The number of nitrogens with zero attached hydrogens (tertiary/aromatic N) is 7. The molecule has 0 unspecified atom stereocenters. The van der Waals surface area contributed by atoms with Crippen LogP contribution in [0.2, 0.25) is 0 Å². The van der Waals surface area contributed by atoms with E-state index in [-0.39, 0.29) is 11.9 Å². The Morgan fingerprint density at radius 2 is 1.97 bits per heavy atom. The van der Waals surface area contributed by atoms with Crippen molar-refractivity contribution in [1.29, 1.82) is 5.26 Å². The number of aromatic nitrogens is 5. The molecule has 0 spiro atoms. The Labute approximate surface area is 179 Å². The van der Waals surface area contributed by atoms with E-state index in [1.54, 1.807) is 42.0 Å². The maximum atomic E-state index is 13.1. The lowest BCUT2D eigenvalue weighted by Crippen LogP contribution is -2.25. The number of nitriles is 1. The SMILES string of the molecule is COc1ncc(-c2cc(C)c3c(n2)CN(c2cnn(C(C)(C)C#N)c2)C3=O)c(OC)n1. The van der Waals surface area contributed by atoms with E-state index in [0.29, 0.717) is 40.6 Å². The number of rotatable bonds is 5. The molecule has 1 aliphatic rings. The lowest BCUT2D eigenvalue weighted by Gasteiger charge is -2.16. The maximum Gasteiger partial charge on any atom is 0.319 e. The molecule has 0 fully saturated rings. The first-order chi connectivity index (χ1) is 14.8. The highest BCUT2D eigenvalue weighted by molar-refractivity contribution is 6.10. The molecular formula is C21H21N7O3. The van der Waals surface area contributed by atoms with E-state index in [0.717, 1.165) is 5.56 Å². The van der Waals surface area contributed by atoms with Crippen LogP contribution in [-0.2, 0) is 12.1 Å². The molecule has 0 atom stereocenters. The van der Waals surface area contributed by atoms with Crippen LogP contribution < -0.4 is 14.4 Å². The predicted octanol–water partition coefficient (Wildman–Crippen LogP) is 2.48. The van der Waals surface area contributed by atoms with E-state index >= 15 is 0 Å². The van der Waals surface area contributed by atoms with Crippen molar-refractivity contribution in [3.63, 3.8) is 0 Å². The van der Waals surface area contributed by atoms with Crippen LogP contribution in [0.1, 0.15) is 35.5 Å². The fourth-order valence-corrected chi connectivity index (χ4v) is 3.44. The Bertz CT molecular complexity index is 1230. The molecular weight excluding hydrogens is 398 g/mol. The lowest BCUT2D eigenvalue weighted by atomic mass is 10.1. The number of anilines is 1. The molecule has 4 heterocycles. The van der Waals surface area contributed by atoms with Gasteiger partial charge in [-0.25, -0.2) is 9.97 Å². The summed E-state index contributed by atoms with van der Waals surface area (Å²) >= 11 is 0. The lowest BCUT2D eigenvalue weighted by molar-refractivity contribution is 0.0996. The van der Waals surface area contributed by atoms with Crippen molar-refractivity contribution in [2.75, 3.05) is 19.1 Å². The number of hydrogen-bond acceptors (Lipinski definition) is 8. The van der Waals surface area contributed by atoms with Crippen LogP contribution in [0.5, 0.6) is 11.9 Å². The van der Waals surface area contributed by atoms with Crippen molar-refractivity contribution in [3.8, 4) is 29.2 Å². The summed E-state index contributed by atoms with van der Waals surface area (Å²) in [6, 6.07) is 4.20. The molecule has 0 N–H and O–H groups in total. The zero-order chi connectivity index (χ0) is 22.3. The van der Waals surface area contributed by atoms with E-state index in [1.807, 2.05) is 13.0 Å². The van der Waals surface area contributed by atoms with Gasteiger partial charge in [0.15, 0.2) is 0 Å². The minimum atomic E-state index is -0.819. The van der Waals surface area contributed by atoms with E-state index in [9.17, 15) is 10.1 Å². The van der Waals surface area contributed by atoms with E-state index in [1.165, 1.54) is 14.2 Å². The standard InChI is InChI=1S/C21H21N7O3/c1-12-6-15(14-8-23-20(31-5)26-18(14)30-4)25-16-10-27(19(29)17(12)16)13-7-24-28(9-13)21(2,3)11-22/h6-9H,10H2,1-5H3. The summed E-state index contributed by atoms with van der Waals surface area (Å²) in [4.78, 5) is 27.8. The predicted molar refractivity (Wildman–Crippen MR) is 111 cm³/mol. The largest absolute Gasteiger partial charge is 0.480 e. The third-order valence-electron chi connectivity index (χ3n) is 5.17. The quantitative estimate of drug-likeness (QED) is 0.619. The van der Waals surface area contributed by atoms with Crippen molar-refractivity contribution in [2.45, 2.75) is 32.9 Å². The second-order valence-corrected chi connectivity index (χ2v) is 7.63. The van der Waals surface area contributed by atoms with Crippen LogP contribution in [0, 0.1) is 18.3 Å². The molecule has 3 aromatic heterocycles. The van der Waals surface area contributed by atoms with E-state index in [2.05, 4.69) is 21.1 Å². The smallest absolute Gasteiger partial charge is 0.319 e. The zero-order valence-corrected chi connectivity index (χ0v) is 17.9. The van der Waals surface area contributed by atoms with Crippen LogP contribution in [0.15, 0.2) is 24.7 Å². The zero-order valence-electron chi connectivity index (χ0n) is 17.9. The number of hydrogen-bond donors (Lipinski definition) is 0. The Kier molecular flexibility index (Phi) is 4.81. The summed E-state index contributed by atoms with van der Waals surface area (Å²) in [5.41, 5.74) is 2.98. The van der Waals surface area contributed by atoms with Gasteiger partial charge in [0.05, 0.1) is 67.4 Å². The first kappa shape index (κ1) is 20.3. The molecule has 0 saturated heterocycles. The van der Waals surface area contributed by atoms with Gasteiger partial charge < -0.3 is 9.47 Å². The summed E-state index contributed by atoms with van der Waals surface area (Å²) < 4.78 is 12.0. The first-order valence-corrected chi connectivity index (χ1v) is 9.53. The van der Waals surface area contributed by atoms with Crippen molar-refractivity contribution >= 4 is 11.6 Å². The van der Waals surface area contributed by atoms with Gasteiger partial charge in [0.25, 0.3) is 5.91 Å². The number of fused-ring (bicyclic) bond motifs is 1. The third-order valence-corrected chi connectivity index (χ3v) is 5.17. The van der Waals surface area contributed by atoms with Gasteiger partial charge in [0.2, 0.25) is 5.88 Å². The Hall–Kier alpha value is -4.00. The van der Waals surface area contributed by atoms with Gasteiger partial charge in [-0.2, -0.15) is 15.3 Å². The molecule has 1 amide bonds. The van der Waals surface area contributed by atoms with Crippen LogP contribution >= 0.6 is 0 Å². The average molecular weight is 419 g/mol. The summed E-state index contributed by atoms with van der Waals surface area (Å²) in [5, 5.41) is 13.6. The topological polar surface area (TPSA) is 119 Å². The van der Waals surface area contributed by atoms with Gasteiger partial charge in [0, 0.05) is 6.20 Å². The normalized spacial score (nSPS) is 13.2. The van der Waals surface area contributed by atoms with Crippen LogP contribution in [0.25, 0.3) is 11.3 Å². The summed E-state index contributed by atoms with van der Waals surface area (Å²) in [6.45, 7) is 5.67. The molecule has 4 rings (SSSR count). The van der Waals surface area contributed by atoms with Gasteiger partial charge in [-0.15, -0.1) is 0 Å². The summed E-state index contributed by atoms with van der Waals surface area (Å²) in [5.74, 6) is 0.179. The minimum Gasteiger partial charge on any atom is -0.480 e. The molecule has 158 valence electrons. The highest BCUT2D eigenvalue weighted by Crippen LogP contribution is 2.34. The average Bonchev–Trinajstić information content (AvgIpc) is 3.38. The second-order valence-electron chi connectivity index (χ2n) is 7.63. The van der Waals surface area contributed by atoms with Gasteiger partial charge in [-0.05, 0) is 32.4 Å². The monoisotopic (exact) mass is 419 g/mol. The second kappa shape index (κ2) is 7.36. The molecule has 10 nitrogen and oxygen atoms in total. The molecule has 0 aliphatic carbocycles. The molecule has 0 radical (unpaired) electrons. The Morgan fingerprint density at radius 3 is 2.65 bits per heavy atom. The Morgan fingerprint density at radius 1 is 1.19 bits per heavy atom. The number of amides is 1. The van der Waals surface area contributed by atoms with Crippen LogP contribution in [0.4, 0.5) is 5.69 Å². The molecule has 0 aromatic carbocycles. The highest BCUT2D eigenvalue weighted by Gasteiger charge is 2.34. The van der Waals surface area contributed by atoms with Gasteiger partial charge in [0.1, 0.15) is 5.54 Å². The molecule has 0 bridgehead atoms. The fourth-order valence-electron chi connectivity index (χ4n) is 3.44. The first-order valence-electron chi connectivity index (χ1n) is 9.53. The molecule has 10 heteroatoms. The van der Waals surface area contributed by atoms with Crippen molar-refractivity contribution in [1.82, 2.24) is 24.7 Å².